The summed E-state index contributed by atoms with van der Waals surface area (Å²) in [5.41, 5.74) is 5.77. The molecule has 3 N–H and O–H groups in total. The van der Waals surface area contributed by atoms with Gasteiger partial charge in [0.2, 0.25) is 11.8 Å². The van der Waals surface area contributed by atoms with Gasteiger partial charge in [-0.05, 0) is 38.6 Å². The Bertz CT molecular complexity index is 481. The lowest BCUT2D eigenvalue weighted by molar-refractivity contribution is -0.117. The molecule has 1 heterocycles. The molecule has 20 heavy (non-hydrogen) atoms. The summed E-state index contributed by atoms with van der Waals surface area (Å²) in [6.45, 7) is 0.875. The van der Waals surface area contributed by atoms with Gasteiger partial charge in [-0.2, -0.15) is 0 Å². The molecule has 1 aromatic rings. The third-order valence-electron chi connectivity index (χ3n) is 3.98. The van der Waals surface area contributed by atoms with Crippen LogP contribution in [-0.2, 0) is 4.79 Å². The first-order chi connectivity index (χ1) is 9.67. The van der Waals surface area contributed by atoms with Crippen LogP contribution in [0.3, 0.4) is 0 Å². The Kier molecular flexibility index (Phi) is 3.71. The Labute approximate surface area is 117 Å². The molecule has 2 saturated carbocycles. The summed E-state index contributed by atoms with van der Waals surface area (Å²) in [4.78, 5) is 14.0. The van der Waals surface area contributed by atoms with E-state index in [-0.39, 0.29) is 18.0 Å². The number of aromatic nitrogens is 2. The minimum absolute atomic E-state index is 0.141. The molecule has 0 saturated heterocycles. The molecule has 0 radical (unpaired) electrons. The van der Waals surface area contributed by atoms with Gasteiger partial charge in [-0.1, -0.05) is 5.10 Å². The van der Waals surface area contributed by atoms with Crippen molar-refractivity contribution in [2.45, 2.75) is 37.6 Å². The topological polar surface area (TPSA) is 97.3 Å². The Morgan fingerprint density at radius 2 is 2.20 bits per heavy atom. The number of amides is 1. The van der Waals surface area contributed by atoms with Crippen molar-refractivity contribution in [3.8, 4) is 0 Å². The number of nitrogens with one attached hydrogen (secondary N) is 1. The average molecular weight is 279 g/mol. The number of anilines is 1. The molecule has 3 rings (SSSR count). The van der Waals surface area contributed by atoms with Gasteiger partial charge < -0.3 is 10.2 Å². The van der Waals surface area contributed by atoms with Crippen LogP contribution in [-0.4, -0.2) is 47.2 Å². The predicted octanol–water partition coefficient (Wildman–Crippen LogP) is 0.555. The first-order valence-electron chi connectivity index (χ1n) is 7.21. The zero-order valence-electron chi connectivity index (χ0n) is 11.7. The van der Waals surface area contributed by atoms with Crippen molar-refractivity contribution < 1.29 is 9.21 Å². The molecule has 1 amide bonds. The maximum absolute atomic E-state index is 12.0. The SMILES string of the molecule is CN(CC(=O)Nc1nnc(C2CC2)o1)C(CN)C1CC1. The largest absolute Gasteiger partial charge is 0.408 e. The molecule has 110 valence electrons. The van der Waals surface area contributed by atoms with Crippen molar-refractivity contribution in [2.75, 3.05) is 25.5 Å². The van der Waals surface area contributed by atoms with E-state index in [0.717, 1.165) is 12.8 Å². The van der Waals surface area contributed by atoms with E-state index in [4.69, 9.17) is 10.2 Å². The third kappa shape index (κ3) is 3.16. The lowest BCUT2D eigenvalue weighted by Gasteiger charge is -2.25. The van der Waals surface area contributed by atoms with E-state index in [1.54, 1.807) is 0 Å². The van der Waals surface area contributed by atoms with Crippen molar-refractivity contribution >= 4 is 11.9 Å². The summed E-state index contributed by atoms with van der Waals surface area (Å²) in [6.07, 6.45) is 4.61. The van der Waals surface area contributed by atoms with Crippen molar-refractivity contribution in [1.29, 1.82) is 0 Å². The van der Waals surface area contributed by atoms with Gasteiger partial charge in [-0.15, -0.1) is 5.10 Å². The highest BCUT2D eigenvalue weighted by Gasteiger charge is 2.33. The molecule has 1 atom stereocenters. The summed E-state index contributed by atoms with van der Waals surface area (Å²) in [7, 11) is 1.93. The van der Waals surface area contributed by atoms with Crippen molar-refractivity contribution in [1.82, 2.24) is 15.1 Å². The minimum Gasteiger partial charge on any atom is -0.408 e. The second-order valence-corrected chi connectivity index (χ2v) is 5.82. The molecule has 2 fully saturated rings. The summed E-state index contributed by atoms with van der Waals surface area (Å²) in [6, 6.07) is 0.478. The summed E-state index contributed by atoms with van der Waals surface area (Å²) >= 11 is 0. The molecule has 2 aliphatic rings. The molecule has 0 aliphatic heterocycles. The van der Waals surface area contributed by atoms with Gasteiger partial charge in [0.15, 0.2) is 0 Å². The van der Waals surface area contributed by atoms with Crippen LogP contribution in [0.25, 0.3) is 0 Å². The van der Waals surface area contributed by atoms with Gasteiger partial charge in [-0.25, -0.2) is 0 Å². The van der Waals surface area contributed by atoms with Crippen molar-refractivity contribution in [3.05, 3.63) is 5.89 Å². The Balaban J connectivity index is 1.50. The standard InChI is InChI=1S/C13H21N5O2/c1-18(10(6-14)8-2-3-8)7-11(19)15-13-17-16-12(20-13)9-4-5-9/h8-10H,2-7,14H2,1H3,(H,15,17,19). The van der Waals surface area contributed by atoms with Crippen molar-refractivity contribution in [3.63, 3.8) is 0 Å². The number of carbonyl (C=O) groups is 1. The van der Waals surface area contributed by atoms with E-state index in [1.165, 1.54) is 12.8 Å². The van der Waals surface area contributed by atoms with Gasteiger partial charge >= 0.3 is 6.01 Å². The highest BCUT2D eigenvalue weighted by Crippen LogP contribution is 2.39. The van der Waals surface area contributed by atoms with E-state index in [1.807, 2.05) is 11.9 Å². The summed E-state index contributed by atoms with van der Waals surface area (Å²) < 4.78 is 5.41. The average Bonchev–Trinajstić information content (AvgIpc) is 3.31. The molecule has 0 spiro atoms. The second-order valence-electron chi connectivity index (χ2n) is 5.82. The van der Waals surface area contributed by atoms with Crippen LogP contribution in [0.15, 0.2) is 4.42 Å². The Hall–Kier alpha value is -1.47. The van der Waals surface area contributed by atoms with E-state index < -0.39 is 0 Å². The van der Waals surface area contributed by atoms with Crippen LogP contribution in [0.2, 0.25) is 0 Å². The molecule has 2 aliphatic carbocycles. The molecular formula is C13H21N5O2. The van der Waals surface area contributed by atoms with E-state index in [9.17, 15) is 4.79 Å². The van der Waals surface area contributed by atoms with Gasteiger partial charge in [0.1, 0.15) is 0 Å². The number of rotatable bonds is 7. The van der Waals surface area contributed by atoms with Crippen LogP contribution in [0.1, 0.15) is 37.5 Å². The fourth-order valence-electron chi connectivity index (χ4n) is 2.50. The van der Waals surface area contributed by atoms with E-state index in [0.29, 0.717) is 30.8 Å². The molecule has 1 unspecified atom stereocenters. The molecule has 1 aromatic heterocycles. The minimum atomic E-state index is -0.141. The molecule has 0 aromatic carbocycles. The fourth-order valence-corrected chi connectivity index (χ4v) is 2.50. The number of hydrogen-bond donors (Lipinski definition) is 2. The van der Waals surface area contributed by atoms with Crippen LogP contribution in [0, 0.1) is 5.92 Å². The lowest BCUT2D eigenvalue weighted by Crippen LogP contribution is -2.43. The highest BCUT2D eigenvalue weighted by atomic mass is 16.4. The number of likely N-dealkylation sites (N-methyl/N-ethyl adjacent to an activating group) is 1. The molecule has 7 nitrogen and oxygen atoms in total. The number of nitrogens with zero attached hydrogens (tertiary/aromatic N) is 3. The molecule has 0 bridgehead atoms. The third-order valence-corrected chi connectivity index (χ3v) is 3.98. The molecular weight excluding hydrogens is 258 g/mol. The van der Waals surface area contributed by atoms with Crippen LogP contribution < -0.4 is 11.1 Å². The number of hydrogen-bond acceptors (Lipinski definition) is 6. The lowest BCUT2D eigenvalue weighted by atomic mass is 10.1. The first kappa shape index (κ1) is 13.5. The Morgan fingerprint density at radius 1 is 1.45 bits per heavy atom. The molecule has 7 heteroatoms. The van der Waals surface area contributed by atoms with Crippen LogP contribution in [0.5, 0.6) is 0 Å². The first-order valence-corrected chi connectivity index (χ1v) is 7.21. The second kappa shape index (κ2) is 5.49. The van der Waals surface area contributed by atoms with Crippen molar-refractivity contribution in [2.24, 2.45) is 11.7 Å². The predicted molar refractivity (Wildman–Crippen MR) is 73.1 cm³/mol. The maximum atomic E-state index is 12.0. The van der Waals surface area contributed by atoms with Crippen LogP contribution in [0.4, 0.5) is 6.01 Å². The van der Waals surface area contributed by atoms with Gasteiger partial charge in [0.25, 0.3) is 0 Å². The monoisotopic (exact) mass is 279 g/mol. The normalized spacial score (nSPS) is 20.1. The number of carbonyl (C=O) groups excluding carboxylic acids is 1. The highest BCUT2D eigenvalue weighted by molar-refractivity contribution is 5.90. The van der Waals surface area contributed by atoms with Crippen LogP contribution >= 0.6 is 0 Å². The van der Waals surface area contributed by atoms with Gasteiger partial charge in [0.05, 0.1) is 6.54 Å². The fraction of sp³-hybridized carbons (Fsp3) is 0.769. The summed E-state index contributed by atoms with van der Waals surface area (Å²) in [5.74, 6) is 1.53. The Morgan fingerprint density at radius 3 is 2.80 bits per heavy atom. The zero-order valence-corrected chi connectivity index (χ0v) is 11.7. The van der Waals surface area contributed by atoms with Gasteiger partial charge in [-0.3, -0.25) is 15.0 Å². The number of nitrogens with two attached hydrogens (primary N) is 1. The smallest absolute Gasteiger partial charge is 0.322 e. The quantitative estimate of drug-likeness (QED) is 0.756. The van der Waals surface area contributed by atoms with E-state index in [2.05, 4.69) is 15.5 Å². The zero-order chi connectivity index (χ0) is 14.1. The van der Waals surface area contributed by atoms with E-state index >= 15 is 0 Å². The summed E-state index contributed by atoms with van der Waals surface area (Å²) in [5, 5.41) is 10.4. The maximum Gasteiger partial charge on any atom is 0.322 e. The van der Waals surface area contributed by atoms with Gasteiger partial charge in [0, 0.05) is 18.5 Å².